The second kappa shape index (κ2) is 4.18. The van der Waals surface area contributed by atoms with Gasteiger partial charge in [-0.25, -0.2) is 4.39 Å². The lowest BCUT2D eigenvalue weighted by atomic mass is 10.2. The zero-order valence-corrected chi connectivity index (χ0v) is 7.85. The van der Waals surface area contributed by atoms with Crippen LogP contribution >= 0.6 is 0 Å². The normalized spacial score (nSPS) is 10.5. The van der Waals surface area contributed by atoms with Crippen molar-refractivity contribution >= 4 is 0 Å². The van der Waals surface area contributed by atoms with E-state index in [-0.39, 0.29) is 12.4 Å². The van der Waals surface area contributed by atoms with Gasteiger partial charge in [0.05, 0.1) is 13.0 Å². The molecule has 0 spiro atoms. The molecule has 5 heteroatoms. The minimum atomic E-state index is -0.346. The summed E-state index contributed by atoms with van der Waals surface area (Å²) in [6, 6.07) is 5.94. The summed E-state index contributed by atoms with van der Waals surface area (Å²) in [5.41, 5.74) is 0.558. The fourth-order valence-electron chi connectivity index (χ4n) is 1.20. The highest BCUT2D eigenvalue weighted by atomic mass is 19.1. The quantitative estimate of drug-likeness (QED) is 0.828. The minimum Gasteiger partial charge on any atom is -0.396 e. The molecule has 1 aromatic carbocycles. The number of nitrogens with zero attached hydrogens (tertiary/aromatic N) is 2. The summed E-state index contributed by atoms with van der Waals surface area (Å²) in [4.78, 5) is 4.01. The third-order valence-electron chi connectivity index (χ3n) is 1.88. The number of rotatable bonds is 3. The molecule has 0 bridgehead atoms. The molecule has 0 amide bonds. The van der Waals surface area contributed by atoms with E-state index in [1.807, 2.05) is 0 Å². The molecular formula is C10H9FN2O2. The van der Waals surface area contributed by atoms with Crippen molar-refractivity contribution in [3.8, 4) is 11.4 Å². The molecule has 1 aromatic heterocycles. The van der Waals surface area contributed by atoms with Gasteiger partial charge in [-0.15, -0.1) is 0 Å². The third-order valence-corrected chi connectivity index (χ3v) is 1.88. The monoisotopic (exact) mass is 208 g/mol. The van der Waals surface area contributed by atoms with Gasteiger partial charge in [0.15, 0.2) is 0 Å². The summed E-state index contributed by atoms with van der Waals surface area (Å²) >= 11 is 0. The van der Waals surface area contributed by atoms with Crippen LogP contribution in [0.3, 0.4) is 0 Å². The minimum absolute atomic E-state index is 0.0508. The van der Waals surface area contributed by atoms with Crippen molar-refractivity contribution in [1.82, 2.24) is 10.1 Å². The maximum atomic E-state index is 12.9. The van der Waals surface area contributed by atoms with Crippen molar-refractivity contribution < 1.29 is 14.0 Å². The van der Waals surface area contributed by atoms with E-state index in [0.29, 0.717) is 23.7 Å². The summed E-state index contributed by atoms with van der Waals surface area (Å²) < 4.78 is 17.7. The highest BCUT2D eigenvalue weighted by molar-refractivity contribution is 5.53. The van der Waals surface area contributed by atoms with Gasteiger partial charge < -0.3 is 9.63 Å². The fraction of sp³-hybridized carbons (Fsp3) is 0.200. The Morgan fingerprint density at radius 3 is 3.00 bits per heavy atom. The average Bonchev–Trinajstić information content (AvgIpc) is 2.67. The molecule has 0 saturated carbocycles. The molecule has 2 aromatic rings. The highest BCUT2D eigenvalue weighted by Gasteiger charge is 2.08. The molecule has 0 radical (unpaired) electrons. The Morgan fingerprint density at radius 2 is 2.27 bits per heavy atom. The highest BCUT2D eigenvalue weighted by Crippen LogP contribution is 2.16. The van der Waals surface area contributed by atoms with Crippen LogP contribution in [0.1, 0.15) is 5.89 Å². The number of hydrogen-bond acceptors (Lipinski definition) is 4. The number of halogens is 1. The Morgan fingerprint density at radius 1 is 1.40 bits per heavy atom. The average molecular weight is 208 g/mol. The standard InChI is InChI=1S/C10H9FN2O2/c11-8-3-1-2-7(6-8)10-12-9(4-5-14)15-13-10/h1-3,6,14H,4-5H2. The lowest BCUT2D eigenvalue weighted by molar-refractivity contribution is 0.274. The van der Waals surface area contributed by atoms with Gasteiger partial charge in [-0.1, -0.05) is 17.3 Å². The van der Waals surface area contributed by atoms with Crippen LogP contribution in [0.25, 0.3) is 11.4 Å². The molecule has 0 aliphatic rings. The molecule has 1 heterocycles. The van der Waals surface area contributed by atoms with Crippen LogP contribution in [0.4, 0.5) is 4.39 Å². The molecule has 4 nitrogen and oxygen atoms in total. The number of hydrogen-bond donors (Lipinski definition) is 1. The molecular weight excluding hydrogens is 199 g/mol. The molecule has 0 aliphatic heterocycles. The Hall–Kier alpha value is -1.75. The first-order valence-electron chi connectivity index (χ1n) is 4.49. The summed E-state index contributed by atoms with van der Waals surface area (Å²) in [6.45, 7) is -0.0508. The fourth-order valence-corrected chi connectivity index (χ4v) is 1.20. The van der Waals surface area contributed by atoms with Crippen LogP contribution in [0, 0.1) is 5.82 Å². The second-order valence-electron chi connectivity index (χ2n) is 3.00. The van der Waals surface area contributed by atoms with E-state index in [2.05, 4.69) is 10.1 Å². The first kappa shape index (κ1) is 9.79. The van der Waals surface area contributed by atoms with Gasteiger partial charge >= 0.3 is 0 Å². The molecule has 0 atom stereocenters. The first-order valence-corrected chi connectivity index (χ1v) is 4.49. The molecule has 1 N–H and O–H groups in total. The van der Waals surface area contributed by atoms with E-state index < -0.39 is 0 Å². The van der Waals surface area contributed by atoms with Gasteiger partial charge in [-0.3, -0.25) is 0 Å². The molecule has 15 heavy (non-hydrogen) atoms. The number of benzene rings is 1. The molecule has 2 rings (SSSR count). The van der Waals surface area contributed by atoms with Crippen LogP contribution in [0.2, 0.25) is 0 Å². The maximum Gasteiger partial charge on any atom is 0.229 e. The van der Waals surface area contributed by atoms with Crippen molar-refractivity contribution in [3.63, 3.8) is 0 Å². The number of aromatic nitrogens is 2. The zero-order valence-electron chi connectivity index (χ0n) is 7.85. The first-order chi connectivity index (χ1) is 7.29. The van der Waals surface area contributed by atoms with E-state index >= 15 is 0 Å². The van der Waals surface area contributed by atoms with E-state index in [4.69, 9.17) is 9.63 Å². The Kier molecular flexibility index (Phi) is 2.73. The van der Waals surface area contributed by atoms with Crippen molar-refractivity contribution in [2.24, 2.45) is 0 Å². The van der Waals surface area contributed by atoms with Crippen LogP contribution in [-0.4, -0.2) is 21.9 Å². The molecule has 0 fully saturated rings. The van der Waals surface area contributed by atoms with Gasteiger partial charge in [-0.2, -0.15) is 4.98 Å². The van der Waals surface area contributed by atoms with E-state index in [9.17, 15) is 4.39 Å². The zero-order chi connectivity index (χ0) is 10.7. The second-order valence-corrected chi connectivity index (χ2v) is 3.00. The topological polar surface area (TPSA) is 59.2 Å². The third kappa shape index (κ3) is 2.19. The Bertz CT molecular complexity index is 456. The molecule has 0 saturated heterocycles. The van der Waals surface area contributed by atoms with Gasteiger partial charge in [0, 0.05) is 5.56 Å². The smallest absolute Gasteiger partial charge is 0.229 e. The Balaban J connectivity index is 2.29. The predicted octanol–water partition coefficient (Wildman–Crippen LogP) is 1.41. The van der Waals surface area contributed by atoms with Crippen LogP contribution < -0.4 is 0 Å². The van der Waals surface area contributed by atoms with Gasteiger partial charge in [0.25, 0.3) is 0 Å². The summed E-state index contributed by atoms with van der Waals surface area (Å²) in [6.07, 6.45) is 0.308. The number of aliphatic hydroxyl groups is 1. The van der Waals surface area contributed by atoms with Crippen molar-refractivity contribution in [3.05, 3.63) is 36.0 Å². The van der Waals surface area contributed by atoms with Crippen LogP contribution in [0.15, 0.2) is 28.8 Å². The summed E-state index contributed by atoms with van der Waals surface area (Å²) in [7, 11) is 0. The van der Waals surface area contributed by atoms with E-state index in [1.54, 1.807) is 12.1 Å². The predicted molar refractivity (Wildman–Crippen MR) is 50.5 cm³/mol. The maximum absolute atomic E-state index is 12.9. The number of aliphatic hydroxyl groups excluding tert-OH is 1. The Labute approximate surface area is 85.4 Å². The molecule has 0 aliphatic carbocycles. The summed E-state index contributed by atoms with van der Waals surface area (Å²) in [5, 5.41) is 12.3. The van der Waals surface area contributed by atoms with Crippen molar-refractivity contribution in [2.75, 3.05) is 6.61 Å². The van der Waals surface area contributed by atoms with Crippen LogP contribution in [0.5, 0.6) is 0 Å². The van der Waals surface area contributed by atoms with Gasteiger partial charge in [0.1, 0.15) is 5.82 Å². The van der Waals surface area contributed by atoms with Crippen molar-refractivity contribution in [2.45, 2.75) is 6.42 Å². The van der Waals surface area contributed by atoms with Gasteiger partial charge in [-0.05, 0) is 12.1 Å². The van der Waals surface area contributed by atoms with Crippen LogP contribution in [-0.2, 0) is 6.42 Å². The molecule has 78 valence electrons. The molecule has 0 unspecified atom stereocenters. The van der Waals surface area contributed by atoms with E-state index in [0.717, 1.165) is 0 Å². The lowest BCUT2D eigenvalue weighted by Crippen LogP contribution is -1.90. The van der Waals surface area contributed by atoms with Crippen molar-refractivity contribution in [1.29, 1.82) is 0 Å². The lowest BCUT2D eigenvalue weighted by Gasteiger charge is -1.92. The summed E-state index contributed by atoms with van der Waals surface area (Å²) in [5.74, 6) is 0.329. The largest absolute Gasteiger partial charge is 0.396 e. The van der Waals surface area contributed by atoms with E-state index in [1.165, 1.54) is 12.1 Å². The SMILES string of the molecule is OCCc1nc(-c2cccc(F)c2)no1. The van der Waals surface area contributed by atoms with Gasteiger partial charge in [0.2, 0.25) is 11.7 Å².